The van der Waals surface area contributed by atoms with Crippen LogP contribution in [0.4, 0.5) is 26.3 Å². The van der Waals surface area contributed by atoms with Crippen molar-refractivity contribution in [1.82, 2.24) is 3.12 Å². The van der Waals surface area contributed by atoms with E-state index >= 15 is 0 Å². The predicted octanol–water partition coefficient (Wildman–Crippen LogP) is -0.795. The number of nitrogens with zero attached hydrogens (tertiary/aromatic N) is 1. The lowest BCUT2D eigenvalue weighted by molar-refractivity contribution is -0.0507. The third kappa shape index (κ3) is 4.91. The summed E-state index contributed by atoms with van der Waals surface area (Å²) in [6.45, 7) is 0. The second kappa shape index (κ2) is 6.23. The number of halogens is 6. The minimum atomic E-state index is -7.64. The molecule has 20 heteroatoms. The standard InChI is InChI=1S/C4H5F6NO9S4/c5-3(6,7)23(17,18)11(24(19,20)4(8,9)10)21(12,13)1-2-22(14,15)16/h1-2H2,(H,14,15,16). The van der Waals surface area contributed by atoms with E-state index in [-0.39, 0.29) is 0 Å². The van der Waals surface area contributed by atoms with E-state index in [4.69, 9.17) is 4.55 Å². The summed E-state index contributed by atoms with van der Waals surface area (Å²) in [5, 5.41) is 0. The largest absolute Gasteiger partial charge is 0.513 e. The third-order valence-electron chi connectivity index (χ3n) is 1.80. The van der Waals surface area contributed by atoms with Gasteiger partial charge in [0.2, 0.25) is 10.0 Å². The Kier molecular flexibility index (Phi) is 6.05. The number of rotatable bonds is 6. The lowest BCUT2D eigenvalue weighted by Gasteiger charge is -2.23. The fourth-order valence-corrected chi connectivity index (χ4v) is 7.94. The SMILES string of the molecule is O=S(=O)(O)CCS(=O)(=O)N(S(=O)(=O)C(F)(F)F)S(=O)(=O)C(F)(F)F. The van der Waals surface area contributed by atoms with Crippen molar-refractivity contribution in [2.45, 2.75) is 11.0 Å². The van der Waals surface area contributed by atoms with Crippen LogP contribution in [0.1, 0.15) is 0 Å². The fourth-order valence-electron chi connectivity index (χ4n) is 0.882. The number of hydrogen-bond donors (Lipinski definition) is 1. The van der Waals surface area contributed by atoms with Gasteiger partial charge in [-0.15, -0.1) is 0 Å². The Balaban J connectivity index is 6.64. The van der Waals surface area contributed by atoms with Crippen LogP contribution >= 0.6 is 0 Å². The zero-order chi connectivity index (χ0) is 20.0. The van der Waals surface area contributed by atoms with Crippen LogP contribution in [0.3, 0.4) is 0 Å². The average molecular weight is 453 g/mol. The van der Waals surface area contributed by atoms with Gasteiger partial charge in [-0.3, -0.25) is 4.55 Å². The monoisotopic (exact) mass is 453 g/mol. The Morgan fingerprint density at radius 1 is 0.667 bits per heavy atom. The van der Waals surface area contributed by atoms with Gasteiger partial charge in [-0.1, -0.05) is 0 Å². The molecule has 0 aliphatic carbocycles. The van der Waals surface area contributed by atoms with Crippen molar-refractivity contribution in [3.8, 4) is 0 Å². The van der Waals surface area contributed by atoms with Gasteiger partial charge in [-0.05, 0) is 0 Å². The molecule has 0 aromatic carbocycles. The Morgan fingerprint density at radius 3 is 1.17 bits per heavy atom. The van der Waals surface area contributed by atoms with E-state index in [2.05, 4.69) is 0 Å². The summed E-state index contributed by atoms with van der Waals surface area (Å²) in [7, 11) is -27.2. The second-order valence-corrected chi connectivity index (χ2v) is 11.4. The Labute approximate surface area is 130 Å². The minimum absolute atomic E-state index is 2.08. The topological polar surface area (TPSA) is 160 Å². The van der Waals surface area contributed by atoms with Crippen LogP contribution in [0.2, 0.25) is 0 Å². The molecule has 0 amide bonds. The molecule has 0 aliphatic rings. The molecule has 24 heavy (non-hydrogen) atoms. The van der Waals surface area contributed by atoms with Crippen molar-refractivity contribution in [1.29, 1.82) is 0 Å². The molecule has 0 saturated heterocycles. The maximum absolute atomic E-state index is 12.3. The van der Waals surface area contributed by atoms with E-state index in [0.29, 0.717) is 0 Å². The summed E-state index contributed by atoms with van der Waals surface area (Å²) in [6.07, 6.45) is 0. The zero-order valence-corrected chi connectivity index (χ0v) is 13.7. The summed E-state index contributed by atoms with van der Waals surface area (Å²) in [5.74, 6) is -4.48. The molecule has 0 radical (unpaired) electrons. The molecule has 0 bridgehead atoms. The van der Waals surface area contributed by atoms with E-state index in [0.717, 1.165) is 0 Å². The first kappa shape index (κ1) is 23.3. The summed E-state index contributed by atoms with van der Waals surface area (Å²) in [6, 6.07) is 0. The first-order valence-electron chi connectivity index (χ1n) is 4.68. The van der Waals surface area contributed by atoms with E-state index in [9.17, 15) is 60.0 Å². The smallest absolute Gasteiger partial charge is 0.286 e. The maximum Gasteiger partial charge on any atom is 0.513 e. The zero-order valence-electron chi connectivity index (χ0n) is 10.5. The first-order chi connectivity index (χ1) is 10.1. The van der Waals surface area contributed by atoms with Gasteiger partial charge < -0.3 is 0 Å². The molecule has 0 fully saturated rings. The van der Waals surface area contributed by atoms with Crippen LogP contribution in [-0.4, -0.2) is 63.9 Å². The molecular formula is C4H5F6NO9S4. The maximum atomic E-state index is 12.3. The number of sulfonamides is 3. The summed E-state index contributed by atoms with van der Waals surface area (Å²) < 4.78 is 166. The van der Waals surface area contributed by atoms with E-state index in [1.165, 1.54) is 0 Å². The molecule has 1 N–H and O–H groups in total. The molecule has 0 rings (SSSR count). The Hall–Kier alpha value is -0.700. The molecule has 0 aliphatic heterocycles. The van der Waals surface area contributed by atoms with E-state index in [1.54, 1.807) is 0 Å². The van der Waals surface area contributed by atoms with Crippen molar-refractivity contribution in [2.75, 3.05) is 11.5 Å². The van der Waals surface area contributed by atoms with Crippen LogP contribution in [-0.2, 0) is 40.2 Å². The number of alkyl halides is 6. The predicted molar refractivity (Wildman–Crippen MR) is 62.0 cm³/mol. The van der Waals surface area contributed by atoms with Crippen molar-refractivity contribution in [2.24, 2.45) is 0 Å². The molecule has 0 spiro atoms. The van der Waals surface area contributed by atoms with Gasteiger partial charge in [-0.2, -0.15) is 34.8 Å². The van der Waals surface area contributed by atoms with E-state index < -0.39 is 65.8 Å². The highest BCUT2D eigenvalue weighted by Crippen LogP contribution is 2.37. The highest BCUT2D eigenvalue weighted by Gasteiger charge is 2.66. The van der Waals surface area contributed by atoms with Gasteiger partial charge in [0.1, 0.15) is 0 Å². The molecule has 0 saturated carbocycles. The van der Waals surface area contributed by atoms with Crippen LogP contribution < -0.4 is 0 Å². The van der Waals surface area contributed by atoms with Gasteiger partial charge in [0, 0.05) is 3.12 Å². The summed E-state index contributed by atoms with van der Waals surface area (Å²) in [5.41, 5.74) is -13.6. The van der Waals surface area contributed by atoms with Crippen LogP contribution in [0, 0.1) is 0 Å². The molecule has 0 heterocycles. The average Bonchev–Trinajstić information content (AvgIpc) is 2.21. The summed E-state index contributed by atoms with van der Waals surface area (Å²) in [4.78, 5) is 0. The molecule has 0 atom stereocenters. The van der Waals surface area contributed by atoms with Gasteiger partial charge in [0.25, 0.3) is 10.1 Å². The van der Waals surface area contributed by atoms with Gasteiger partial charge in [-0.25, -0.2) is 25.3 Å². The molecule has 0 aromatic rings. The quantitative estimate of drug-likeness (QED) is 0.401. The lowest BCUT2D eigenvalue weighted by atomic mass is 11.0. The number of hydrogen-bond acceptors (Lipinski definition) is 8. The van der Waals surface area contributed by atoms with Crippen molar-refractivity contribution in [3.63, 3.8) is 0 Å². The molecule has 0 aromatic heterocycles. The highest BCUT2D eigenvalue weighted by atomic mass is 32.3. The van der Waals surface area contributed by atoms with Crippen LogP contribution in [0.15, 0.2) is 0 Å². The second-order valence-electron chi connectivity index (χ2n) is 3.64. The Morgan fingerprint density at radius 2 is 0.958 bits per heavy atom. The Bertz CT molecular complexity index is 848. The van der Waals surface area contributed by atoms with Crippen LogP contribution in [0.25, 0.3) is 0 Å². The third-order valence-corrected chi connectivity index (χ3v) is 9.63. The molecule has 0 unspecified atom stereocenters. The van der Waals surface area contributed by atoms with E-state index in [1.807, 2.05) is 0 Å². The van der Waals surface area contributed by atoms with Crippen molar-refractivity contribution >= 4 is 40.2 Å². The van der Waals surface area contributed by atoms with Gasteiger partial charge >= 0.3 is 31.1 Å². The van der Waals surface area contributed by atoms with Gasteiger partial charge in [0.15, 0.2) is 0 Å². The van der Waals surface area contributed by atoms with Crippen LogP contribution in [0.5, 0.6) is 0 Å². The van der Waals surface area contributed by atoms with Crippen molar-refractivity contribution < 1.29 is 64.6 Å². The highest BCUT2D eigenvalue weighted by molar-refractivity contribution is 8.18. The lowest BCUT2D eigenvalue weighted by Crippen LogP contribution is -2.52. The molecular weight excluding hydrogens is 448 g/mol. The fraction of sp³-hybridized carbons (Fsp3) is 1.00. The normalized spacial score (nSPS) is 15.7. The first-order valence-corrected chi connectivity index (χ1v) is 10.8. The summed E-state index contributed by atoms with van der Waals surface area (Å²) >= 11 is 0. The minimum Gasteiger partial charge on any atom is -0.286 e. The molecule has 10 nitrogen and oxygen atoms in total. The van der Waals surface area contributed by atoms with Gasteiger partial charge in [0.05, 0.1) is 11.5 Å². The van der Waals surface area contributed by atoms with Crippen molar-refractivity contribution in [3.05, 3.63) is 0 Å². The molecule has 146 valence electrons.